The summed E-state index contributed by atoms with van der Waals surface area (Å²) in [6, 6.07) is 9.94. The van der Waals surface area contributed by atoms with Crippen LogP contribution in [0.5, 0.6) is 0 Å². The summed E-state index contributed by atoms with van der Waals surface area (Å²) in [5.74, 6) is 2.15. The van der Waals surface area contributed by atoms with Crippen molar-refractivity contribution in [3.05, 3.63) is 64.6 Å². The van der Waals surface area contributed by atoms with Crippen LogP contribution in [0.1, 0.15) is 108 Å². The lowest BCUT2D eigenvalue weighted by Gasteiger charge is -2.34. The van der Waals surface area contributed by atoms with Gasteiger partial charge in [0.1, 0.15) is 11.7 Å². The van der Waals surface area contributed by atoms with Crippen molar-refractivity contribution in [3.8, 4) is 0 Å². The van der Waals surface area contributed by atoms with E-state index in [1.165, 1.54) is 11.9 Å². The van der Waals surface area contributed by atoms with Crippen LogP contribution >= 0.6 is 11.9 Å². The summed E-state index contributed by atoms with van der Waals surface area (Å²) in [7, 11) is 0. The maximum absolute atomic E-state index is 13.6. The number of allylic oxidation sites excluding steroid dienone is 1. The van der Waals surface area contributed by atoms with Crippen molar-refractivity contribution >= 4 is 29.5 Å². The van der Waals surface area contributed by atoms with E-state index >= 15 is 0 Å². The molecule has 0 saturated carbocycles. The summed E-state index contributed by atoms with van der Waals surface area (Å²) in [6.07, 6.45) is 9.53. The number of aryl methyl sites for hydroxylation is 1. The third kappa shape index (κ3) is 7.87. The molecule has 4 heterocycles. The summed E-state index contributed by atoms with van der Waals surface area (Å²) >= 11 is 1.31. The van der Waals surface area contributed by atoms with E-state index in [9.17, 15) is 4.79 Å². The number of amides is 1. The Bertz CT molecular complexity index is 1230. The van der Waals surface area contributed by atoms with E-state index in [-0.39, 0.29) is 22.9 Å². The van der Waals surface area contributed by atoms with Gasteiger partial charge in [0.15, 0.2) is 0 Å². The molecule has 4 rings (SSSR count). The molecular formula is C32H46N6OS. The van der Waals surface area contributed by atoms with Gasteiger partial charge in [-0.2, -0.15) is 0 Å². The zero-order valence-corrected chi connectivity index (χ0v) is 26.1. The molecule has 7 nitrogen and oxygen atoms in total. The number of carbonyl (C=O) groups is 1. The number of aliphatic imine (C=N–C) groups is 1. The topological polar surface area (TPSA) is 82.5 Å². The summed E-state index contributed by atoms with van der Waals surface area (Å²) in [5.41, 5.74) is 2.81. The van der Waals surface area contributed by atoms with Gasteiger partial charge >= 0.3 is 0 Å². The molecule has 2 aliphatic rings. The highest BCUT2D eigenvalue weighted by atomic mass is 32.2. The molecule has 2 unspecified atom stereocenters. The van der Waals surface area contributed by atoms with Crippen molar-refractivity contribution in [2.75, 3.05) is 11.4 Å². The summed E-state index contributed by atoms with van der Waals surface area (Å²) in [4.78, 5) is 30.5. The first-order chi connectivity index (χ1) is 18.9. The average molecular weight is 563 g/mol. The third-order valence-corrected chi connectivity index (χ3v) is 8.37. The highest BCUT2D eigenvalue weighted by Crippen LogP contribution is 2.38. The molecule has 1 amide bonds. The van der Waals surface area contributed by atoms with Crippen molar-refractivity contribution in [1.29, 1.82) is 0 Å². The quantitative estimate of drug-likeness (QED) is 0.314. The van der Waals surface area contributed by atoms with Gasteiger partial charge in [0.25, 0.3) is 5.91 Å². The molecule has 8 heteroatoms. The summed E-state index contributed by atoms with van der Waals surface area (Å²) in [6.45, 7) is 16.6. The van der Waals surface area contributed by atoms with Crippen molar-refractivity contribution < 1.29 is 4.79 Å². The first-order valence-electron chi connectivity index (χ1n) is 14.6. The molecule has 0 radical (unpaired) electrons. The Labute approximate surface area is 244 Å². The Morgan fingerprint density at radius 2 is 2.08 bits per heavy atom. The number of pyridine rings is 2. The number of nitrogens with zero attached hydrogens (tertiary/aromatic N) is 4. The molecule has 2 aliphatic heterocycles. The lowest BCUT2D eigenvalue weighted by atomic mass is 9.89. The number of amidine groups is 1. The standard InChI is InChI=1S/C32H46N6OS/c1-8-25(26-12-9-10-19-33-26)35-27-13-11-14-28(36-27)40-37-30(39)24-16-15-23(17-18-31(3,4)5)34-29(24)38-21-22(2)20-32(38,6)7/h9-10,12,14-16,19,22,25H,8,11,13,17-18,20-21H2,1-7H3,(H,35,36)(H,37,39). The fourth-order valence-corrected chi connectivity index (χ4v) is 6.20. The molecule has 1 fully saturated rings. The first kappa shape index (κ1) is 30.1. The van der Waals surface area contributed by atoms with Gasteiger partial charge in [-0.3, -0.25) is 19.5 Å². The van der Waals surface area contributed by atoms with Gasteiger partial charge < -0.3 is 10.2 Å². The lowest BCUT2D eigenvalue weighted by molar-refractivity contribution is 0.0984. The molecule has 2 atom stereocenters. The monoisotopic (exact) mass is 562 g/mol. The van der Waals surface area contributed by atoms with E-state index in [1.807, 2.05) is 36.5 Å². The normalized spacial score (nSPS) is 20.7. The zero-order valence-electron chi connectivity index (χ0n) is 25.3. The maximum Gasteiger partial charge on any atom is 0.265 e. The van der Waals surface area contributed by atoms with Crippen molar-refractivity contribution in [1.82, 2.24) is 20.0 Å². The molecule has 0 aromatic carbocycles. The van der Waals surface area contributed by atoms with E-state index < -0.39 is 0 Å². The predicted molar refractivity (Wildman–Crippen MR) is 167 cm³/mol. The Morgan fingerprint density at radius 3 is 2.73 bits per heavy atom. The van der Waals surface area contributed by atoms with Crippen LogP contribution in [0.2, 0.25) is 0 Å². The SMILES string of the molecule is CCC(N=C1CCC=C(SNC(=O)c2ccc(CCC(C)(C)C)nc2N2CC(C)CC2(C)C)N1)c1ccccn1. The van der Waals surface area contributed by atoms with Gasteiger partial charge in [0.2, 0.25) is 0 Å². The molecule has 1 saturated heterocycles. The molecule has 216 valence electrons. The number of nitrogens with one attached hydrogen (secondary N) is 2. The largest absolute Gasteiger partial charge is 0.351 e. The van der Waals surface area contributed by atoms with E-state index in [0.717, 1.165) is 73.1 Å². The second-order valence-corrected chi connectivity index (χ2v) is 13.8. The minimum Gasteiger partial charge on any atom is -0.351 e. The molecule has 0 aliphatic carbocycles. The van der Waals surface area contributed by atoms with Crippen LogP contribution in [-0.2, 0) is 6.42 Å². The van der Waals surface area contributed by atoms with Crippen LogP contribution in [0.15, 0.2) is 52.6 Å². The van der Waals surface area contributed by atoms with Gasteiger partial charge in [-0.15, -0.1) is 0 Å². The van der Waals surface area contributed by atoms with Gasteiger partial charge in [-0.25, -0.2) is 4.98 Å². The van der Waals surface area contributed by atoms with E-state index in [0.29, 0.717) is 11.5 Å². The third-order valence-electron chi connectivity index (χ3n) is 7.60. The molecule has 0 spiro atoms. The fourth-order valence-electron chi connectivity index (χ4n) is 5.52. The number of hydrogen-bond donors (Lipinski definition) is 2. The second-order valence-electron chi connectivity index (χ2n) is 13.0. The molecule has 40 heavy (non-hydrogen) atoms. The van der Waals surface area contributed by atoms with E-state index in [1.54, 1.807) is 0 Å². The molecular weight excluding hydrogens is 516 g/mol. The summed E-state index contributed by atoms with van der Waals surface area (Å²) in [5, 5.41) is 4.32. The first-order valence-corrected chi connectivity index (χ1v) is 15.5. The molecule has 0 bridgehead atoms. The Hall–Kier alpha value is -2.87. The smallest absolute Gasteiger partial charge is 0.265 e. The number of hydrogen-bond acceptors (Lipinski definition) is 6. The minimum atomic E-state index is -0.128. The average Bonchev–Trinajstić information content (AvgIpc) is 3.20. The van der Waals surface area contributed by atoms with Crippen LogP contribution in [0, 0.1) is 11.3 Å². The lowest BCUT2D eigenvalue weighted by Crippen LogP contribution is -2.40. The highest BCUT2D eigenvalue weighted by molar-refractivity contribution is 8.01. The van der Waals surface area contributed by atoms with Crippen LogP contribution in [0.25, 0.3) is 0 Å². The molecule has 2 aromatic heterocycles. The van der Waals surface area contributed by atoms with Crippen molar-refractivity contribution in [3.63, 3.8) is 0 Å². The number of rotatable bonds is 9. The second kappa shape index (κ2) is 12.8. The van der Waals surface area contributed by atoms with Crippen molar-refractivity contribution in [2.24, 2.45) is 16.3 Å². The van der Waals surface area contributed by atoms with Crippen LogP contribution < -0.4 is 14.9 Å². The van der Waals surface area contributed by atoms with E-state index in [2.05, 4.69) is 74.5 Å². The van der Waals surface area contributed by atoms with Crippen LogP contribution in [0.3, 0.4) is 0 Å². The number of carbonyl (C=O) groups excluding carboxylic acids is 1. The van der Waals surface area contributed by atoms with Crippen LogP contribution in [0.4, 0.5) is 5.82 Å². The molecule has 2 aromatic rings. The maximum atomic E-state index is 13.6. The minimum absolute atomic E-state index is 0.0132. The van der Waals surface area contributed by atoms with Gasteiger partial charge in [0.05, 0.1) is 22.3 Å². The van der Waals surface area contributed by atoms with Gasteiger partial charge in [-0.05, 0) is 81.5 Å². The number of anilines is 1. The molecule has 2 N–H and O–H groups in total. The van der Waals surface area contributed by atoms with Crippen molar-refractivity contribution in [2.45, 2.75) is 98.6 Å². The Morgan fingerprint density at radius 1 is 1.27 bits per heavy atom. The number of aromatic nitrogens is 2. The Balaban J connectivity index is 1.48. The highest BCUT2D eigenvalue weighted by Gasteiger charge is 2.39. The summed E-state index contributed by atoms with van der Waals surface area (Å²) < 4.78 is 3.08. The van der Waals surface area contributed by atoms with Gasteiger partial charge in [-0.1, -0.05) is 46.8 Å². The van der Waals surface area contributed by atoms with Gasteiger partial charge in [0, 0.05) is 42.3 Å². The fraction of sp³-hybridized carbons (Fsp3) is 0.562. The van der Waals surface area contributed by atoms with E-state index in [4.69, 9.17) is 9.98 Å². The van der Waals surface area contributed by atoms with Crippen LogP contribution in [-0.4, -0.2) is 33.8 Å². The zero-order chi connectivity index (χ0) is 28.9. The Kier molecular flexibility index (Phi) is 9.60. The predicted octanol–water partition coefficient (Wildman–Crippen LogP) is 7.23.